The number of benzene rings is 1. The minimum Gasteiger partial charge on any atom is -0.497 e. The van der Waals surface area contributed by atoms with Gasteiger partial charge in [-0.15, -0.1) is 0 Å². The zero-order chi connectivity index (χ0) is 15.2. The van der Waals surface area contributed by atoms with Crippen molar-refractivity contribution >= 4 is 11.8 Å². The SMILES string of the molecule is CCCc1cc(=O)n(C)c(SCc2ccc(OC)cc2)n1. The van der Waals surface area contributed by atoms with Crippen molar-refractivity contribution in [3.8, 4) is 5.75 Å². The van der Waals surface area contributed by atoms with Gasteiger partial charge in [-0.2, -0.15) is 0 Å². The van der Waals surface area contributed by atoms with Crippen LogP contribution in [0.2, 0.25) is 0 Å². The van der Waals surface area contributed by atoms with Crippen LogP contribution in [0.25, 0.3) is 0 Å². The summed E-state index contributed by atoms with van der Waals surface area (Å²) in [6.45, 7) is 2.09. The quantitative estimate of drug-likeness (QED) is 0.608. The van der Waals surface area contributed by atoms with E-state index in [9.17, 15) is 4.79 Å². The van der Waals surface area contributed by atoms with E-state index in [1.54, 1.807) is 36.6 Å². The average molecular weight is 304 g/mol. The molecule has 0 aliphatic rings. The van der Waals surface area contributed by atoms with Crippen molar-refractivity contribution in [3.63, 3.8) is 0 Å². The molecule has 0 saturated carbocycles. The highest BCUT2D eigenvalue weighted by molar-refractivity contribution is 7.98. The van der Waals surface area contributed by atoms with Crippen LogP contribution in [0.15, 0.2) is 40.3 Å². The number of methoxy groups -OCH3 is 1. The first-order chi connectivity index (χ1) is 10.1. The number of rotatable bonds is 6. The van der Waals surface area contributed by atoms with Gasteiger partial charge in [0.05, 0.1) is 7.11 Å². The lowest BCUT2D eigenvalue weighted by atomic mass is 10.2. The number of aryl methyl sites for hydroxylation is 1. The van der Waals surface area contributed by atoms with E-state index in [0.717, 1.165) is 35.2 Å². The van der Waals surface area contributed by atoms with Crippen LogP contribution in [0.1, 0.15) is 24.6 Å². The molecule has 0 aliphatic heterocycles. The molecule has 4 nitrogen and oxygen atoms in total. The average Bonchev–Trinajstić information content (AvgIpc) is 2.50. The molecule has 0 amide bonds. The first-order valence-corrected chi connectivity index (χ1v) is 7.95. The third-order valence-corrected chi connectivity index (χ3v) is 4.28. The molecule has 0 spiro atoms. The normalized spacial score (nSPS) is 10.6. The predicted molar refractivity (Wildman–Crippen MR) is 86.0 cm³/mol. The van der Waals surface area contributed by atoms with Crippen LogP contribution in [0.5, 0.6) is 5.75 Å². The summed E-state index contributed by atoms with van der Waals surface area (Å²) in [5.41, 5.74) is 2.06. The van der Waals surface area contributed by atoms with Crippen LogP contribution in [-0.4, -0.2) is 16.7 Å². The molecule has 5 heteroatoms. The van der Waals surface area contributed by atoms with Gasteiger partial charge < -0.3 is 4.74 Å². The summed E-state index contributed by atoms with van der Waals surface area (Å²) in [6, 6.07) is 9.56. The Hall–Kier alpha value is -1.75. The molecule has 2 aromatic rings. The van der Waals surface area contributed by atoms with Crippen molar-refractivity contribution in [1.29, 1.82) is 0 Å². The first kappa shape index (κ1) is 15.6. The second-order valence-corrected chi connectivity index (χ2v) is 5.76. The van der Waals surface area contributed by atoms with Gasteiger partial charge in [-0.3, -0.25) is 9.36 Å². The minimum absolute atomic E-state index is 0.00526. The third-order valence-electron chi connectivity index (χ3n) is 3.18. The summed E-state index contributed by atoms with van der Waals surface area (Å²) in [6.07, 6.45) is 1.83. The highest BCUT2D eigenvalue weighted by Crippen LogP contribution is 2.21. The molecule has 0 aliphatic carbocycles. The first-order valence-electron chi connectivity index (χ1n) is 6.96. The van der Waals surface area contributed by atoms with E-state index < -0.39 is 0 Å². The summed E-state index contributed by atoms with van der Waals surface area (Å²) in [5, 5.41) is 0.766. The Labute approximate surface area is 129 Å². The fourth-order valence-corrected chi connectivity index (χ4v) is 2.90. The zero-order valence-corrected chi connectivity index (χ0v) is 13.4. The van der Waals surface area contributed by atoms with Gasteiger partial charge in [0.1, 0.15) is 5.75 Å². The molecule has 0 bridgehead atoms. The molecule has 112 valence electrons. The standard InChI is InChI=1S/C16H20N2O2S/c1-4-5-13-10-15(19)18(2)16(17-13)21-11-12-6-8-14(20-3)9-7-12/h6-10H,4-5,11H2,1-3H3. The summed E-state index contributed by atoms with van der Waals surface area (Å²) < 4.78 is 6.75. The van der Waals surface area contributed by atoms with Crippen LogP contribution >= 0.6 is 11.8 Å². The van der Waals surface area contributed by atoms with Crippen molar-refractivity contribution in [2.45, 2.75) is 30.7 Å². The Morgan fingerprint density at radius 2 is 2.00 bits per heavy atom. The highest BCUT2D eigenvalue weighted by atomic mass is 32.2. The smallest absolute Gasteiger partial charge is 0.254 e. The molecule has 2 rings (SSSR count). The number of thioether (sulfide) groups is 1. The molecule has 1 heterocycles. The van der Waals surface area contributed by atoms with Crippen LogP contribution in [-0.2, 0) is 19.2 Å². The van der Waals surface area contributed by atoms with E-state index in [0.29, 0.717) is 0 Å². The zero-order valence-electron chi connectivity index (χ0n) is 12.6. The lowest BCUT2D eigenvalue weighted by Gasteiger charge is -2.09. The fraction of sp³-hybridized carbons (Fsp3) is 0.375. The summed E-state index contributed by atoms with van der Waals surface area (Å²) in [5.74, 6) is 1.62. The monoisotopic (exact) mass is 304 g/mol. The molecule has 0 unspecified atom stereocenters. The van der Waals surface area contributed by atoms with E-state index >= 15 is 0 Å². The molecule has 0 N–H and O–H groups in total. The van der Waals surface area contributed by atoms with Gasteiger partial charge in [0.2, 0.25) is 0 Å². The van der Waals surface area contributed by atoms with Gasteiger partial charge in [-0.25, -0.2) is 4.98 Å². The maximum Gasteiger partial charge on any atom is 0.254 e. The van der Waals surface area contributed by atoms with Crippen LogP contribution in [0, 0.1) is 0 Å². The van der Waals surface area contributed by atoms with Crippen LogP contribution in [0.4, 0.5) is 0 Å². The van der Waals surface area contributed by atoms with Gasteiger partial charge >= 0.3 is 0 Å². The van der Waals surface area contributed by atoms with E-state index in [4.69, 9.17) is 4.74 Å². The lowest BCUT2D eigenvalue weighted by molar-refractivity contribution is 0.414. The van der Waals surface area contributed by atoms with Gasteiger partial charge in [0, 0.05) is 24.6 Å². The Balaban J connectivity index is 2.12. The highest BCUT2D eigenvalue weighted by Gasteiger charge is 2.06. The fourth-order valence-electron chi connectivity index (χ4n) is 1.95. The molecule has 21 heavy (non-hydrogen) atoms. The van der Waals surface area contributed by atoms with E-state index in [-0.39, 0.29) is 5.56 Å². The van der Waals surface area contributed by atoms with Gasteiger partial charge in [0.15, 0.2) is 5.16 Å². The molecular weight excluding hydrogens is 284 g/mol. The molecule has 0 saturated heterocycles. The van der Waals surface area contributed by atoms with Crippen LogP contribution in [0.3, 0.4) is 0 Å². The maximum absolute atomic E-state index is 11.9. The number of hydrogen-bond acceptors (Lipinski definition) is 4. The summed E-state index contributed by atoms with van der Waals surface area (Å²) >= 11 is 1.58. The Morgan fingerprint density at radius 1 is 1.29 bits per heavy atom. The number of nitrogens with zero attached hydrogens (tertiary/aromatic N) is 2. The van der Waals surface area contributed by atoms with Gasteiger partial charge in [0.25, 0.3) is 5.56 Å². The summed E-state index contributed by atoms with van der Waals surface area (Å²) in [4.78, 5) is 16.5. The molecular formula is C16H20N2O2S. The lowest BCUT2D eigenvalue weighted by Crippen LogP contribution is -2.20. The van der Waals surface area contributed by atoms with E-state index in [1.165, 1.54) is 5.56 Å². The number of aromatic nitrogens is 2. The minimum atomic E-state index is 0.00526. The van der Waals surface area contributed by atoms with E-state index in [1.807, 2.05) is 24.3 Å². The maximum atomic E-state index is 11.9. The second kappa shape index (κ2) is 7.31. The summed E-state index contributed by atoms with van der Waals surface area (Å²) in [7, 11) is 3.42. The molecule has 1 aromatic heterocycles. The Bertz CT molecular complexity index is 650. The molecule has 1 aromatic carbocycles. The largest absolute Gasteiger partial charge is 0.497 e. The van der Waals surface area contributed by atoms with Crippen molar-refractivity contribution in [2.75, 3.05) is 7.11 Å². The van der Waals surface area contributed by atoms with Crippen molar-refractivity contribution in [1.82, 2.24) is 9.55 Å². The molecule has 0 radical (unpaired) electrons. The Kier molecular flexibility index (Phi) is 5.44. The number of hydrogen-bond donors (Lipinski definition) is 0. The third kappa shape index (κ3) is 4.11. The predicted octanol–water partition coefficient (Wildman–Crippen LogP) is 3.03. The van der Waals surface area contributed by atoms with Crippen molar-refractivity contribution in [2.24, 2.45) is 7.05 Å². The van der Waals surface area contributed by atoms with Gasteiger partial charge in [-0.1, -0.05) is 37.2 Å². The van der Waals surface area contributed by atoms with Crippen LogP contribution < -0.4 is 10.3 Å². The molecule has 0 fully saturated rings. The molecule has 0 atom stereocenters. The van der Waals surface area contributed by atoms with Crippen molar-refractivity contribution < 1.29 is 4.74 Å². The Morgan fingerprint density at radius 3 is 2.62 bits per heavy atom. The topological polar surface area (TPSA) is 44.1 Å². The number of ether oxygens (including phenoxy) is 1. The van der Waals surface area contributed by atoms with Gasteiger partial charge in [-0.05, 0) is 24.1 Å². The van der Waals surface area contributed by atoms with Crippen molar-refractivity contribution in [3.05, 3.63) is 51.9 Å². The second-order valence-electron chi connectivity index (χ2n) is 4.81. The van der Waals surface area contributed by atoms with E-state index in [2.05, 4.69) is 11.9 Å².